The average molecular weight is 513 g/mol. The van der Waals surface area contributed by atoms with Crippen molar-refractivity contribution in [2.24, 2.45) is 11.8 Å². The van der Waals surface area contributed by atoms with Crippen molar-refractivity contribution in [1.29, 1.82) is 0 Å². The van der Waals surface area contributed by atoms with Gasteiger partial charge in [-0.3, -0.25) is 0 Å². The van der Waals surface area contributed by atoms with E-state index in [0.717, 1.165) is 0 Å². The molecule has 188 valence electrons. The third-order valence-corrected chi connectivity index (χ3v) is 13.1. The zero-order valence-corrected chi connectivity index (χ0v) is 24.5. The Bertz CT molecular complexity index is 937. The molecule has 0 aliphatic heterocycles. The third-order valence-electron chi connectivity index (χ3n) is 6.88. The molecule has 0 amide bonds. The van der Waals surface area contributed by atoms with Crippen LogP contribution in [-0.2, 0) is 0 Å². The van der Waals surface area contributed by atoms with E-state index in [1.807, 2.05) is 0 Å². The molecule has 4 rings (SSSR count). The Morgan fingerprint density at radius 1 is 0.333 bits per heavy atom. The van der Waals surface area contributed by atoms with E-state index in [1.54, 1.807) is 0 Å². The van der Waals surface area contributed by atoms with Gasteiger partial charge in [-0.2, -0.15) is 0 Å². The van der Waals surface area contributed by atoms with Gasteiger partial charge in [-0.05, 0) is 60.2 Å². The van der Waals surface area contributed by atoms with Crippen LogP contribution in [0.25, 0.3) is 0 Å². The van der Waals surface area contributed by atoms with Crippen LogP contribution in [0, 0.1) is 11.8 Å². The van der Waals surface area contributed by atoms with Gasteiger partial charge in [-0.1, -0.05) is 163 Å². The Labute approximate surface area is 222 Å². The molecule has 0 unspecified atom stereocenters. The lowest BCUT2D eigenvalue weighted by Crippen LogP contribution is -2.23. The molecule has 2 heteroatoms. The molecule has 0 spiro atoms. The zero-order valence-electron chi connectivity index (χ0n) is 22.8. The standard InChI is InChI=1S/2C17H21P/c2*1-14(2)15(3)18(16-10-6-4-7-11-16)17-12-8-5-9-13-17/h2*4-15H,1-3H3/t2*15-/m10/s1. The van der Waals surface area contributed by atoms with Crippen LogP contribution in [0.4, 0.5) is 0 Å². The summed E-state index contributed by atoms with van der Waals surface area (Å²) in [5.41, 5.74) is 1.40. The highest BCUT2D eigenvalue weighted by Crippen LogP contribution is 2.43. The first-order valence-electron chi connectivity index (χ1n) is 13.2. The average Bonchev–Trinajstić information content (AvgIpc) is 2.91. The lowest BCUT2D eigenvalue weighted by Gasteiger charge is -2.28. The second kappa shape index (κ2) is 14.5. The van der Waals surface area contributed by atoms with Crippen LogP contribution in [0.5, 0.6) is 0 Å². The quantitative estimate of drug-likeness (QED) is 0.208. The van der Waals surface area contributed by atoms with Crippen molar-refractivity contribution >= 4 is 37.1 Å². The fourth-order valence-corrected chi connectivity index (χ4v) is 9.83. The van der Waals surface area contributed by atoms with Gasteiger partial charge in [0.15, 0.2) is 0 Å². The summed E-state index contributed by atoms with van der Waals surface area (Å²) < 4.78 is 0. The third kappa shape index (κ3) is 7.87. The molecule has 0 saturated heterocycles. The number of hydrogen-bond acceptors (Lipinski definition) is 0. The van der Waals surface area contributed by atoms with Crippen molar-refractivity contribution in [3.05, 3.63) is 121 Å². The van der Waals surface area contributed by atoms with E-state index in [-0.39, 0.29) is 15.8 Å². The minimum atomic E-state index is -0.252. The van der Waals surface area contributed by atoms with Gasteiger partial charge in [-0.15, -0.1) is 0 Å². The summed E-state index contributed by atoms with van der Waals surface area (Å²) in [4.78, 5) is 0. The minimum absolute atomic E-state index is 0.252. The summed E-state index contributed by atoms with van der Waals surface area (Å²) in [5.74, 6) is 1.41. The van der Waals surface area contributed by atoms with E-state index in [9.17, 15) is 0 Å². The predicted molar refractivity (Wildman–Crippen MR) is 167 cm³/mol. The molecule has 0 radical (unpaired) electrons. The molecule has 4 aromatic carbocycles. The van der Waals surface area contributed by atoms with Gasteiger partial charge in [0.1, 0.15) is 0 Å². The molecular formula is C34H42P2. The molecule has 0 N–H and O–H groups in total. The van der Waals surface area contributed by atoms with Gasteiger partial charge >= 0.3 is 0 Å². The Morgan fingerprint density at radius 2 is 0.528 bits per heavy atom. The Balaban J connectivity index is 0.000000201. The van der Waals surface area contributed by atoms with Crippen molar-refractivity contribution < 1.29 is 0 Å². The van der Waals surface area contributed by atoms with Crippen LogP contribution in [-0.4, -0.2) is 11.3 Å². The number of benzene rings is 4. The van der Waals surface area contributed by atoms with Gasteiger partial charge in [0.25, 0.3) is 0 Å². The highest BCUT2D eigenvalue weighted by molar-refractivity contribution is 7.74. The highest BCUT2D eigenvalue weighted by Gasteiger charge is 2.24. The summed E-state index contributed by atoms with van der Waals surface area (Å²) in [6.45, 7) is 14.1. The molecule has 0 bridgehead atoms. The Hall–Kier alpha value is -2.26. The normalized spacial score (nSPS) is 12.9. The molecule has 0 heterocycles. The summed E-state index contributed by atoms with van der Waals surface area (Å²) in [7, 11) is -0.503. The second-order valence-electron chi connectivity index (χ2n) is 10.1. The summed E-state index contributed by atoms with van der Waals surface area (Å²) >= 11 is 0. The van der Waals surface area contributed by atoms with E-state index < -0.39 is 0 Å². The summed E-state index contributed by atoms with van der Waals surface area (Å²) in [6, 6.07) is 43.8. The maximum atomic E-state index is 2.39. The largest absolute Gasteiger partial charge is 0.0622 e. The van der Waals surface area contributed by atoms with Crippen LogP contribution in [0.15, 0.2) is 121 Å². The van der Waals surface area contributed by atoms with Crippen LogP contribution in [0.2, 0.25) is 0 Å². The fourth-order valence-electron chi connectivity index (χ4n) is 4.19. The van der Waals surface area contributed by atoms with Gasteiger partial charge in [0.05, 0.1) is 0 Å². The van der Waals surface area contributed by atoms with Gasteiger partial charge < -0.3 is 0 Å². The number of rotatable bonds is 8. The molecule has 2 atom stereocenters. The van der Waals surface area contributed by atoms with Crippen LogP contribution in [0.1, 0.15) is 41.5 Å². The highest BCUT2D eigenvalue weighted by atomic mass is 31.1. The summed E-state index contributed by atoms with van der Waals surface area (Å²) in [6.07, 6.45) is 0. The minimum Gasteiger partial charge on any atom is -0.0622 e. The van der Waals surface area contributed by atoms with Crippen molar-refractivity contribution in [2.75, 3.05) is 0 Å². The lowest BCUT2D eigenvalue weighted by atomic mass is 10.2. The Morgan fingerprint density at radius 3 is 0.694 bits per heavy atom. The van der Waals surface area contributed by atoms with E-state index in [4.69, 9.17) is 0 Å². The lowest BCUT2D eigenvalue weighted by molar-refractivity contribution is 0.637. The van der Waals surface area contributed by atoms with Gasteiger partial charge in [0, 0.05) is 0 Å². The first-order chi connectivity index (χ1) is 17.4. The second-order valence-corrected chi connectivity index (χ2v) is 15.2. The zero-order chi connectivity index (χ0) is 25.9. The van der Waals surface area contributed by atoms with Crippen molar-refractivity contribution in [3.63, 3.8) is 0 Å². The molecule has 36 heavy (non-hydrogen) atoms. The molecule has 0 aliphatic carbocycles. The van der Waals surface area contributed by atoms with Crippen LogP contribution in [0.3, 0.4) is 0 Å². The van der Waals surface area contributed by atoms with Crippen LogP contribution >= 0.6 is 15.8 Å². The maximum Gasteiger partial charge on any atom is -0.0134 e. The number of hydrogen-bond donors (Lipinski definition) is 0. The maximum absolute atomic E-state index is 2.39. The van der Waals surface area contributed by atoms with E-state index in [2.05, 4.69) is 163 Å². The first-order valence-corrected chi connectivity index (χ1v) is 16.0. The van der Waals surface area contributed by atoms with E-state index in [0.29, 0.717) is 23.2 Å². The fraction of sp³-hybridized carbons (Fsp3) is 0.294. The smallest absolute Gasteiger partial charge is 0.0134 e. The van der Waals surface area contributed by atoms with Gasteiger partial charge in [0.2, 0.25) is 0 Å². The SMILES string of the molecule is CC(C)[C@@H](C)P(c1ccccc1)c1ccccc1.CC(C)[C@H](C)P(c1ccccc1)c1ccccc1. The van der Waals surface area contributed by atoms with Crippen molar-refractivity contribution in [3.8, 4) is 0 Å². The molecule has 4 aromatic rings. The Kier molecular flexibility index (Phi) is 11.4. The molecule has 0 nitrogen and oxygen atoms in total. The van der Waals surface area contributed by atoms with E-state index in [1.165, 1.54) is 21.2 Å². The van der Waals surface area contributed by atoms with Crippen molar-refractivity contribution in [1.82, 2.24) is 0 Å². The molecule has 0 fully saturated rings. The molecule has 0 aromatic heterocycles. The first kappa shape index (κ1) is 28.3. The molecule has 0 aliphatic rings. The molecule has 0 saturated carbocycles. The summed E-state index contributed by atoms with van der Waals surface area (Å²) in [5, 5.41) is 5.94. The van der Waals surface area contributed by atoms with Gasteiger partial charge in [-0.25, -0.2) is 0 Å². The van der Waals surface area contributed by atoms with E-state index >= 15 is 0 Å². The topological polar surface area (TPSA) is 0 Å². The van der Waals surface area contributed by atoms with Crippen molar-refractivity contribution in [2.45, 2.75) is 52.9 Å². The predicted octanol–water partition coefficient (Wildman–Crippen LogP) is 8.33. The molecular weight excluding hydrogens is 470 g/mol. The monoisotopic (exact) mass is 512 g/mol. The van der Waals surface area contributed by atoms with Crippen LogP contribution < -0.4 is 21.2 Å².